The van der Waals surface area contributed by atoms with E-state index in [1.54, 1.807) is 24.4 Å². The molecule has 2 heterocycles. The number of nitrogens with one attached hydrogen (secondary N) is 1. The van der Waals surface area contributed by atoms with E-state index in [2.05, 4.69) is 20.1 Å². The predicted molar refractivity (Wildman–Crippen MR) is 119 cm³/mol. The highest BCUT2D eigenvalue weighted by Gasteiger charge is 2.20. The molecule has 1 N–H and O–H groups in total. The molecule has 30 heavy (non-hydrogen) atoms. The van der Waals surface area contributed by atoms with Crippen molar-refractivity contribution in [1.29, 1.82) is 0 Å². The van der Waals surface area contributed by atoms with Gasteiger partial charge in [-0.2, -0.15) is 0 Å². The molecule has 1 amide bonds. The first-order valence-corrected chi connectivity index (χ1v) is 10.3. The van der Waals surface area contributed by atoms with Crippen LogP contribution < -0.4 is 15.0 Å². The topological polar surface area (TPSA) is 57.7 Å². The summed E-state index contributed by atoms with van der Waals surface area (Å²) in [6.45, 7) is 3.58. The van der Waals surface area contributed by atoms with Gasteiger partial charge in [0, 0.05) is 37.4 Å². The van der Waals surface area contributed by atoms with E-state index in [1.165, 1.54) is 0 Å². The van der Waals surface area contributed by atoms with Crippen LogP contribution in [-0.2, 0) is 4.79 Å². The lowest BCUT2D eigenvalue weighted by molar-refractivity contribution is -0.117. The Morgan fingerprint density at radius 1 is 1.00 bits per heavy atom. The Balaban J connectivity index is 1.35. The van der Waals surface area contributed by atoms with Gasteiger partial charge in [0.15, 0.2) is 5.75 Å². The first kappa shape index (κ1) is 20.2. The summed E-state index contributed by atoms with van der Waals surface area (Å²) in [5.74, 6) is 2.13. The van der Waals surface area contributed by atoms with Crippen LogP contribution in [0.5, 0.6) is 11.5 Å². The molecule has 0 radical (unpaired) electrons. The van der Waals surface area contributed by atoms with E-state index in [-0.39, 0.29) is 5.91 Å². The SMILES string of the molecule is O=C(CN1CCN(c2ccccn2)CC1)Nc1cc(Cl)ccc1Oc1ccccc1. The normalized spacial score (nSPS) is 14.4. The first-order chi connectivity index (χ1) is 14.7. The number of aromatic nitrogens is 1. The van der Waals surface area contributed by atoms with Gasteiger partial charge in [-0.05, 0) is 42.5 Å². The summed E-state index contributed by atoms with van der Waals surface area (Å²) in [5, 5.41) is 3.48. The number of rotatable bonds is 6. The van der Waals surface area contributed by atoms with Gasteiger partial charge < -0.3 is 15.0 Å². The number of hydrogen-bond acceptors (Lipinski definition) is 5. The molecular weight excluding hydrogens is 400 g/mol. The molecule has 4 rings (SSSR count). The van der Waals surface area contributed by atoms with Gasteiger partial charge >= 0.3 is 0 Å². The molecule has 1 fully saturated rings. The predicted octanol–water partition coefficient (Wildman–Crippen LogP) is 4.29. The van der Waals surface area contributed by atoms with E-state index < -0.39 is 0 Å². The van der Waals surface area contributed by atoms with Gasteiger partial charge in [0.1, 0.15) is 11.6 Å². The Labute approximate surface area is 181 Å². The quantitative estimate of drug-likeness (QED) is 0.642. The fraction of sp³-hybridized carbons (Fsp3) is 0.217. The second-order valence-corrected chi connectivity index (χ2v) is 7.49. The molecule has 1 saturated heterocycles. The molecule has 0 atom stereocenters. The first-order valence-electron chi connectivity index (χ1n) is 9.88. The molecule has 1 aromatic heterocycles. The maximum atomic E-state index is 12.7. The lowest BCUT2D eigenvalue weighted by Crippen LogP contribution is -2.48. The van der Waals surface area contributed by atoms with Crippen LogP contribution >= 0.6 is 11.6 Å². The van der Waals surface area contributed by atoms with Crippen LogP contribution in [0.25, 0.3) is 0 Å². The van der Waals surface area contributed by atoms with Crippen molar-refractivity contribution in [2.24, 2.45) is 0 Å². The van der Waals surface area contributed by atoms with Crippen molar-refractivity contribution in [1.82, 2.24) is 9.88 Å². The van der Waals surface area contributed by atoms with Gasteiger partial charge in [-0.15, -0.1) is 0 Å². The van der Waals surface area contributed by atoms with Crippen LogP contribution in [-0.4, -0.2) is 48.5 Å². The summed E-state index contributed by atoms with van der Waals surface area (Å²) in [7, 11) is 0. The van der Waals surface area contributed by atoms with Gasteiger partial charge in [0.2, 0.25) is 5.91 Å². The Morgan fingerprint density at radius 3 is 2.50 bits per heavy atom. The molecule has 0 saturated carbocycles. The Morgan fingerprint density at radius 2 is 1.77 bits per heavy atom. The monoisotopic (exact) mass is 422 g/mol. The summed E-state index contributed by atoms with van der Waals surface area (Å²) < 4.78 is 5.92. The van der Waals surface area contributed by atoms with Crippen molar-refractivity contribution in [2.75, 3.05) is 42.9 Å². The maximum absolute atomic E-state index is 12.7. The van der Waals surface area contributed by atoms with E-state index in [0.717, 1.165) is 32.0 Å². The number of hydrogen-bond donors (Lipinski definition) is 1. The molecule has 154 valence electrons. The summed E-state index contributed by atoms with van der Waals surface area (Å²) in [4.78, 5) is 21.4. The molecular formula is C23H23ClN4O2. The van der Waals surface area contributed by atoms with Gasteiger partial charge in [0.05, 0.1) is 12.2 Å². The number of pyridine rings is 1. The number of halogens is 1. The number of carbonyl (C=O) groups is 1. The third kappa shape index (κ3) is 5.28. The number of anilines is 2. The molecule has 0 bridgehead atoms. The number of nitrogens with zero attached hydrogens (tertiary/aromatic N) is 3. The lowest BCUT2D eigenvalue weighted by atomic mass is 10.2. The Bertz CT molecular complexity index is 977. The fourth-order valence-electron chi connectivity index (χ4n) is 3.37. The highest BCUT2D eigenvalue weighted by Crippen LogP contribution is 2.32. The van der Waals surface area contributed by atoms with E-state index in [9.17, 15) is 4.79 Å². The highest BCUT2D eigenvalue weighted by molar-refractivity contribution is 6.31. The van der Waals surface area contributed by atoms with E-state index in [1.807, 2.05) is 48.5 Å². The van der Waals surface area contributed by atoms with Crippen LogP contribution in [0.15, 0.2) is 72.9 Å². The summed E-state index contributed by atoms with van der Waals surface area (Å²) in [5.41, 5.74) is 0.559. The molecule has 1 aliphatic rings. The Hall–Kier alpha value is -3.09. The number of piperazine rings is 1. The lowest BCUT2D eigenvalue weighted by Gasteiger charge is -2.34. The van der Waals surface area contributed by atoms with Gasteiger partial charge in [-0.1, -0.05) is 35.9 Å². The van der Waals surface area contributed by atoms with Crippen molar-refractivity contribution < 1.29 is 9.53 Å². The van der Waals surface area contributed by atoms with Gasteiger partial charge in [-0.3, -0.25) is 9.69 Å². The van der Waals surface area contributed by atoms with Gasteiger partial charge in [-0.25, -0.2) is 4.98 Å². The molecule has 0 spiro atoms. The highest BCUT2D eigenvalue weighted by atomic mass is 35.5. The van der Waals surface area contributed by atoms with Crippen LogP contribution in [0.3, 0.4) is 0 Å². The van der Waals surface area contributed by atoms with Crippen molar-refractivity contribution in [3.8, 4) is 11.5 Å². The zero-order valence-corrected chi connectivity index (χ0v) is 17.3. The van der Waals surface area contributed by atoms with Crippen LogP contribution in [0.2, 0.25) is 5.02 Å². The molecule has 2 aromatic carbocycles. The minimum absolute atomic E-state index is 0.0959. The van der Waals surface area contributed by atoms with E-state index >= 15 is 0 Å². The second kappa shape index (κ2) is 9.61. The van der Waals surface area contributed by atoms with Crippen LogP contribution in [0.4, 0.5) is 11.5 Å². The van der Waals surface area contributed by atoms with E-state index in [4.69, 9.17) is 16.3 Å². The molecule has 1 aliphatic heterocycles. The fourth-order valence-corrected chi connectivity index (χ4v) is 3.55. The molecule has 7 heteroatoms. The number of para-hydroxylation sites is 1. The molecule has 0 aliphatic carbocycles. The average molecular weight is 423 g/mol. The standard InChI is InChI=1S/C23H23ClN4O2/c24-18-9-10-21(30-19-6-2-1-3-7-19)20(16-18)26-23(29)17-27-12-14-28(15-13-27)22-8-4-5-11-25-22/h1-11,16H,12-15,17H2,(H,26,29). The van der Waals surface area contributed by atoms with Crippen molar-refractivity contribution in [2.45, 2.75) is 0 Å². The van der Waals surface area contributed by atoms with Gasteiger partial charge in [0.25, 0.3) is 0 Å². The van der Waals surface area contributed by atoms with Crippen molar-refractivity contribution >= 4 is 29.0 Å². The van der Waals surface area contributed by atoms with Crippen LogP contribution in [0, 0.1) is 0 Å². The molecule has 3 aromatic rings. The third-order valence-corrected chi connectivity index (χ3v) is 5.13. The summed E-state index contributed by atoms with van der Waals surface area (Å²) in [6, 6.07) is 20.6. The maximum Gasteiger partial charge on any atom is 0.238 e. The largest absolute Gasteiger partial charge is 0.455 e. The molecule has 6 nitrogen and oxygen atoms in total. The van der Waals surface area contributed by atoms with E-state index in [0.29, 0.717) is 28.8 Å². The number of amides is 1. The summed E-state index contributed by atoms with van der Waals surface area (Å²) in [6.07, 6.45) is 1.80. The van der Waals surface area contributed by atoms with Crippen molar-refractivity contribution in [3.05, 3.63) is 77.9 Å². The second-order valence-electron chi connectivity index (χ2n) is 7.05. The third-order valence-electron chi connectivity index (χ3n) is 4.90. The molecule has 0 unspecified atom stereocenters. The zero-order valence-electron chi connectivity index (χ0n) is 16.5. The number of carbonyl (C=O) groups excluding carboxylic acids is 1. The number of ether oxygens (including phenoxy) is 1. The summed E-state index contributed by atoms with van der Waals surface area (Å²) >= 11 is 6.14. The zero-order chi connectivity index (χ0) is 20.8. The number of benzene rings is 2. The van der Waals surface area contributed by atoms with Crippen molar-refractivity contribution in [3.63, 3.8) is 0 Å². The van der Waals surface area contributed by atoms with Crippen LogP contribution in [0.1, 0.15) is 0 Å². The minimum Gasteiger partial charge on any atom is -0.455 e. The smallest absolute Gasteiger partial charge is 0.238 e. The minimum atomic E-state index is -0.0959. The average Bonchev–Trinajstić information content (AvgIpc) is 2.77. The Kier molecular flexibility index (Phi) is 6.47.